The molecule has 2 N–H and O–H groups in total. The smallest absolute Gasteiger partial charge is 0.269 e. The average Bonchev–Trinajstić information content (AvgIpc) is 3.18. The van der Waals surface area contributed by atoms with Gasteiger partial charge in [0.25, 0.3) is 5.91 Å². The van der Waals surface area contributed by atoms with Crippen LogP contribution in [0.15, 0.2) is 42.5 Å². The first-order chi connectivity index (χ1) is 13.5. The van der Waals surface area contributed by atoms with Crippen LogP contribution in [0.2, 0.25) is 0 Å². The van der Waals surface area contributed by atoms with Gasteiger partial charge in [-0.2, -0.15) is 4.83 Å². The normalized spacial score (nSPS) is 16.2. The van der Waals surface area contributed by atoms with Crippen molar-refractivity contribution in [3.63, 3.8) is 0 Å². The fourth-order valence-electron chi connectivity index (χ4n) is 3.23. The van der Waals surface area contributed by atoms with E-state index in [4.69, 9.17) is 0 Å². The average molecular weight is 402 g/mol. The van der Waals surface area contributed by atoms with E-state index in [9.17, 15) is 14.0 Å². The Kier molecular flexibility index (Phi) is 6.70. The van der Waals surface area contributed by atoms with E-state index in [0.29, 0.717) is 18.5 Å². The molecule has 2 amide bonds. The summed E-state index contributed by atoms with van der Waals surface area (Å²) in [4.78, 5) is 28.9. The van der Waals surface area contributed by atoms with Crippen molar-refractivity contribution in [2.75, 3.05) is 13.1 Å². The molecule has 1 saturated heterocycles. The van der Waals surface area contributed by atoms with E-state index in [1.807, 2.05) is 42.2 Å². The second kappa shape index (κ2) is 9.21. The van der Waals surface area contributed by atoms with Crippen molar-refractivity contribution in [1.29, 1.82) is 0 Å². The van der Waals surface area contributed by atoms with Crippen molar-refractivity contribution in [1.82, 2.24) is 15.2 Å². The van der Waals surface area contributed by atoms with Crippen LogP contribution in [0.4, 0.5) is 4.39 Å². The van der Waals surface area contributed by atoms with Crippen LogP contribution in [0.3, 0.4) is 0 Å². The highest BCUT2D eigenvalue weighted by atomic mass is 32.2. The molecule has 1 atom stereocenters. The van der Waals surface area contributed by atoms with Crippen LogP contribution in [0.1, 0.15) is 35.7 Å². The molecule has 5 nitrogen and oxygen atoms in total. The number of nitrogens with zero attached hydrogens (tertiary/aromatic N) is 1. The zero-order valence-corrected chi connectivity index (χ0v) is 16.8. The van der Waals surface area contributed by atoms with Crippen LogP contribution in [0.5, 0.6) is 0 Å². The van der Waals surface area contributed by atoms with Gasteiger partial charge in [-0.15, -0.1) is 0 Å². The molecule has 1 aliphatic heterocycles. The van der Waals surface area contributed by atoms with Crippen LogP contribution in [-0.4, -0.2) is 35.1 Å². The van der Waals surface area contributed by atoms with E-state index in [1.165, 1.54) is 11.9 Å². The van der Waals surface area contributed by atoms with E-state index >= 15 is 0 Å². The molecule has 1 heterocycles. The molecule has 0 aromatic heterocycles. The van der Waals surface area contributed by atoms with Gasteiger partial charge in [0, 0.05) is 24.8 Å². The molecular formula is C21H24FN3O2S. The van der Waals surface area contributed by atoms with E-state index < -0.39 is 11.7 Å². The Balaban J connectivity index is 1.62. The number of hydrazine groups is 1. The number of rotatable bonds is 6. The molecule has 0 radical (unpaired) electrons. The molecule has 1 fully saturated rings. The Morgan fingerprint density at radius 3 is 2.68 bits per heavy atom. The second-order valence-corrected chi connectivity index (χ2v) is 7.91. The number of carbonyl (C=O) groups excluding carboxylic acids is 2. The minimum Gasteiger partial charge on any atom is -0.342 e. The maximum absolute atomic E-state index is 14.5. The minimum atomic E-state index is -0.524. The number of aryl methyl sites for hydroxylation is 1. The highest BCUT2D eigenvalue weighted by Gasteiger charge is 2.26. The third kappa shape index (κ3) is 4.72. The number of carbonyl (C=O) groups is 2. The fraction of sp³-hybridized carbons (Fsp3) is 0.333. The zero-order valence-electron chi connectivity index (χ0n) is 16.0. The number of halogens is 1. The van der Waals surface area contributed by atoms with Crippen LogP contribution < -0.4 is 10.3 Å². The maximum Gasteiger partial charge on any atom is 0.269 e. The predicted molar refractivity (Wildman–Crippen MR) is 110 cm³/mol. The molecule has 28 heavy (non-hydrogen) atoms. The van der Waals surface area contributed by atoms with Crippen LogP contribution in [-0.2, 0) is 4.79 Å². The van der Waals surface area contributed by atoms with E-state index in [2.05, 4.69) is 10.3 Å². The van der Waals surface area contributed by atoms with Gasteiger partial charge in [-0.25, -0.2) is 4.39 Å². The van der Waals surface area contributed by atoms with E-state index in [1.54, 1.807) is 19.1 Å². The number of nitrogens with one attached hydrogen (secondary N) is 2. The van der Waals surface area contributed by atoms with Gasteiger partial charge in [-0.05, 0) is 42.2 Å². The molecule has 0 saturated carbocycles. The van der Waals surface area contributed by atoms with Crippen molar-refractivity contribution in [2.24, 2.45) is 0 Å². The number of amides is 2. The van der Waals surface area contributed by atoms with Gasteiger partial charge in [0.15, 0.2) is 0 Å². The first-order valence-electron chi connectivity index (χ1n) is 9.34. The number of hydrogen-bond acceptors (Lipinski definition) is 4. The van der Waals surface area contributed by atoms with Crippen LogP contribution in [0, 0.1) is 12.7 Å². The largest absolute Gasteiger partial charge is 0.342 e. The first kappa shape index (κ1) is 20.4. The van der Waals surface area contributed by atoms with Crippen molar-refractivity contribution < 1.29 is 14.0 Å². The summed E-state index contributed by atoms with van der Waals surface area (Å²) in [5.41, 5.74) is 4.70. The lowest BCUT2D eigenvalue weighted by Gasteiger charge is -2.16. The monoisotopic (exact) mass is 401 g/mol. The summed E-state index contributed by atoms with van der Waals surface area (Å²) in [7, 11) is 0. The SMILES string of the molecule is CCC(=O)N1CCC(SNNC(=O)c2cc(-c3ccccc3)cc(C)c2F)C1. The van der Waals surface area contributed by atoms with Gasteiger partial charge in [-0.3, -0.25) is 15.0 Å². The molecule has 148 valence electrons. The van der Waals surface area contributed by atoms with Gasteiger partial charge in [0.2, 0.25) is 5.91 Å². The third-order valence-corrected chi connectivity index (χ3v) is 5.73. The first-order valence-corrected chi connectivity index (χ1v) is 10.2. The minimum absolute atomic E-state index is 0.00108. The van der Waals surface area contributed by atoms with Gasteiger partial charge in [-0.1, -0.05) is 49.2 Å². The lowest BCUT2D eigenvalue weighted by Crippen LogP contribution is -2.35. The topological polar surface area (TPSA) is 61.4 Å². The summed E-state index contributed by atoms with van der Waals surface area (Å²) in [5.74, 6) is -0.905. The Morgan fingerprint density at radius 1 is 1.21 bits per heavy atom. The van der Waals surface area contributed by atoms with Crippen molar-refractivity contribution in [2.45, 2.75) is 31.9 Å². The van der Waals surface area contributed by atoms with Gasteiger partial charge in [0.05, 0.1) is 5.56 Å². The van der Waals surface area contributed by atoms with Crippen molar-refractivity contribution in [3.05, 3.63) is 59.4 Å². The summed E-state index contributed by atoms with van der Waals surface area (Å²) in [6.07, 6.45) is 1.36. The molecule has 0 spiro atoms. The third-order valence-electron chi connectivity index (χ3n) is 4.80. The summed E-state index contributed by atoms with van der Waals surface area (Å²) >= 11 is 1.35. The van der Waals surface area contributed by atoms with E-state index in [-0.39, 0.29) is 16.7 Å². The van der Waals surface area contributed by atoms with Crippen LogP contribution >= 0.6 is 11.9 Å². The highest BCUT2D eigenvalue weighted by molar-refractivity contribution is 7.98. The summed E-state index contributed by atoms with van der Waals surface area (Å²) in [5, 5.41) is 0.193. The molecule has 7 heteroatoms. The molecule has 0 bridgehead atoms. The fourth-order valence-corrected chi connectivity index (χ4v) is 4.03. The Labute approximate surface area is 168 Å². The van der Waals surface area contributed by atoms with Gasteiger partial charge >= 0.3 is 0 Å². The number of benzene rings is 2. The van der Waals surface area contributed by atoms with Gasteiger partial charge < -0.3 is 4.90 Å². The molecular weight excluding hydrogens is 377 g/mol. The molecule has 0 aliphatic carbocycles. The Bertz CT molecular complexity index is 860. The molecule has 2 aromatic rings. The van der Waals surface area contributed by atoms with Crippen molar-refractivity contribution >= 4 is 23.8 Å². The maximum atomic E-state index is 14.5. The Morgan fingerprint density at radius 2 is 1.96 bits per heavy atom. The number of hydrogen-bond donors (Lipinski definition) is 2. The molecule has 1 unspecified atom stereocenters. The highest BCUT2D eigenvalue weighted by Crippen LogP contribution is 2.25. The summed E-state index contributed by atoms with van der Waals surface area (Å²) < 4.78 is 14.5. The van der Waals surface area contributed by atoms with E-state index in [0.717, 1.165) is 24.1 Å². The second-order valence-electron chi connectivity index (χ2n) is 6.80. The predicted octanol–water partition coefficient (Wildman–Crippen LogP) is 3.69. The van der Waals surface area contributed by atoms with Gasteiger partial charge in [0.1, 0.15) is 5.82 Å². The molecule has 2 aromatic carbocycles. The lowest BCUT2D eigenvalue weighted by molar-refractivity contribution is -0.129. The van der Waals surface area contributed by atoms with Crippen molar-refractivity contribution in [3.8, 4) is 11.1 Å². The Hall–Kier alpha value is -2.38. The zero-order chi connectivity index (χ0) is 20.1. The summed E-state index contributed by atoms with van der Waals surface area (Å²) in [6, 6.07) is 12.9. The standard InChI is InChI=1S/C21H24FN3O2S/c1-3-19(26)25-10-9-17(13-25)28-24-23-21(27)18-12-16(11-14(2)20(18)22)15-7-5-4-6-8-15/h4-8,11-12,17,24H,3,9-10,13H2,1-2H3,(H,23,27). The lowest BCUT2D eigenvalue weighted by atomic mass is 9.99. The molecule has 3 rings (SSSR count). The number of likely N-dealkylation sites (tertiary alicyclic amines) is 1. The summed E-state index contributed by atoms with van der Waals surface area (Å²) in [6.45, 7) is 4.88. The molecule has 1 aliphatic rings. The quantitative estimate of drug-likeness (QED) is 0.572. The van der Waals surface area contributed by atoms with Crippen LogP contribution in [0.25, 0.3) is 11.1 Å².